The number of carboxylic acids is 1. The van der Waals surface area contributed by atoms with Crippen LogP contribution in [0.4, 0.5) is 5.69 Å². The number of carbonyl (C=O) groups excluding carboxylic acids is 2. The highest BCUT2D eigenvalue weighted by Gasteiger charge is 2.34. The van der Waals surface area contributed by atoms with Crippen LogP contribution in [0, 0.1) is 0 Å². The predicted octanol–water partition coefficient (Wildman–Crippen LogP) is 1.10. The summed E-state index contributed by atoms with van der Waals surface area (Å²) in [6, 6.07) is 6.15. The van der Waals surface area contributed by atoms with E-state index >= 15 is 0 Å². The summed E-state index contributed by atoms with van der Waals surface area (Å²) in [6.07, 6.45) is 0.544. The maximum absolute atomic E-state index is 12.2. The second-order valence-electron chi connectivity index (χ2n) is 3.77. The molecule has 0 radical (unpaired) electrons. The van der Waals surface area contributed by atoms with Crippen LogP contribution in [-0.2, 0) is 14.4 Å². The summed E-state index contributed by atoms with van der Waals surface area (Å²) in [5, 5.41) is 11.3. The van der Waals surface area contributed by atoms with Gasteiger partial charge >= 0.3 is 5.97 Å². The van der Waals surface area contributed by atoms with Gasteiger partial charge in [0.25, 0.3) is 11.8 Å². The molecule has 0 saturated carbocycles. The van der Waals surface area contributed by atoms with E-state index in [4.69, 9.17) is 28.9 Å². The quantitative estimate of drug-likeness (QED) is 0.485. The standard InChI is InChI=1S/C12H7ClN2O4S/c13-6-1-3-7(4-2-6)15-11(19)8(5-9(16)17)10(18)14-12(15)20/h1-5H,(H,16,17)(H,14,18,20). The van der Waals surface area contributed by atoms with Crippen molar-refractivity contribution in [1.82, 2.24) is 5.32 Å². The smallest absolute Gasteiger partial charge is 0.329 e. The molecular formula is C12H7ClN2O4S. The fourth-order valence-corrected chi connectivity index (χ4v) is 2.01. The van der Waals surface area contributed by atoms with Gasteiger partial charge in [-0.25, -0.2) is 4.79 Å². The van der Waals surface area contributed by atoms with E-state index in [9.17, 15) is 14.4 Å². The van der Waals surface area contributed by atoms with Gasteiger partial charge in [-0.1, -0.05) is 11.6 Å². The molecule has 1 aliphatic rings. The van der Waals surface area contributed by atoms with Gasteiger partial charge in [0, 0.05) is 11.1 Å². The molecule has 0 aliphatic carbocycles. The number of benzene rings is 1. The van der Waals surface area contributed by atoms with Gasteiger partial charge < -0.3 is 5.11 Å². The maximum Gasteiger partial charge on any atom is 0.329 e. The molecule has 0 bridgehead atoms. The van der Waals surface area contributed by atoms with E-state index in [-0.39, 0.29) is 5.11 Å². The van der Waals surface area contributed by atoms with E-state index in [1.54, 1.807) is 12.1 Å². The minimum Gasteiger partial charge on any atom is -0.478 e. The number of nitrogens with one attached hydrogen (secondary N) is 1. The summed E-state index contributed by atoms with van der Waals surface area (Å²) in [5.41, 5.74) is -0.123. The largest absolute Gasteiger partial charge is 0.478 e. The van der Waals surface area contributed by atoms with Crippen LogP contribution in [0.25, 0.3) is 0 Å². The molecule has 20 heavy (non-hydrogen) atoms. The number of hydrogen-bond acceptors (Lipinski definition) is 4. The number of rotatable bonds is 2. The summed E-state index contributed by atoms with van der Waals surface area (Å²) in [6.45, 7) is 0. The molecule has 1 aliphatic heterocycles. The summed E-state index contributed by atoms with van der Waals surface area (Å²) < 4.78 is 0. The van der Waals surface area contributed by atoms with Crippen molar-refractivity contribution < 1.29 is 19.5 Å². The Hall–Kier alpha value is -2.25. The zero-order valence-corrected chi connectivity index (χ0v) is 11.4. The van der Waals surface area contributed by atoms with Crippen LogP contribution >= 0.6 is 23.8 Å². The number of halogens is 1. The van der Waals surface area contributed by atoms with Crippen molar-refractivity contribution in [2.24, 2.45) is 0 Å². The highest BCUT2D eigenvalue weighted by atomic mass is 35.5. The lowest BCUT2D eigenvalue weighted by Crippen LogP contribution is -2.54. The Kier molecular flexibility index (Phi) is 3.82. The Morgan fingerprint density at radius 2 is 1.90 bits per heavy atom. The lowest BCUT2D eigenvalue weighted by molar-refractivity contribution is -0.132. The number of aliphatic carboxylic acids is 1. The Bertz CT molecular complexity index is 654. The number of amides is 2. The lowest BCUT2D eigenvalue weighted by atomic mass is 10.1. The molecule has 102 valence electrons. The third kappa shape index (κ3) is 2.68. The number of carboxylic acid groups (broad SMARTS) is 1. The van der Waals surface area contributed by atoms with Crippen molar-refractivity contribution in [3.05, 3.63) is 40.9 Å². The summed E-state index contributed by atoms with van der Waals surface area (Å²) in [4.78, 5) is 35.4. The Labute approximate surface area is 123 Å². The molecule has 1 saturated heterocycles. The Balaban J connectivity index is 2.45. The highest BCUT2D eigenvalue weighted by molar-refractivity contribution is 7.80. The van der Waals surface area contributed by atoms with E-state index in [0.29, 0.717) is 16.8 Å². The van der Waals surface area contributed by atoms with Crippen molar-refractivity contribution in [1.29, 1.82) is 0 Å². The van der Waals surface area contributed by atoms with Crippen molar-refractivity contribution in [3.63, 3.8) is 0 Å². The van der Waals surface area contributed by atoms with Crippen molar-refractivity contribution in [2.45, 2.75) is 0 Å². The normalized spacial score (nSPS) is 17.4. The maximum atomic E-state index is 12.2. The summed E-state index contributed by atoms with van der Waals surface area (Å²) in [7, 11) is 0. The van der Waals surface area contributed by atoms with Crippen LogP contribution in [0.3, 0.4) is 0 Å². The first-order valence-electron chi connectivity index (χ1n) is 5.30. The number of anilines is 1. The average Bonchev–Trinajstić information content (AvgIpc) is 2.36. The third-order valence-electron chi connectivity index (χ3n) is 2.45. The summed E-state index contributed by atoms with van der Waals surface area (Å²) >= 11 is 10.7. The molecule has 0 unspecified atom stereocenters. The molecule has 6 nitrogen and oxygen atoms in total. The van der Waals surface area contributed by atoms with Crippen LogP contribution < -0.4 is 10.2 Å². The van der Waals surface area contributed by atoms with Gasteiger partial charge in [0.2, 0.25) is 0 Å². The van der Waals surface area contributed by atoms with Gasteiger partial charge in [-0.05, 0) is 36.5 Å². The van der Waals surface area contributed by atoms with Crippen molar-refractivity contribution >= 4 is 52.4 Å². The van der Waals surface area contributed by atoms with E-state index in [0.717, 1.165) is 4.90 Å². The molecule has 1 aromatic rings. The predicted molar refractivity (Wildman–Crippen MR) is 75.4 cm³/mol. The molecule has 1 heterocycles. The molecule has 2 amide bonds. The fraction of sp³-hybridized carbons (Fsp3) is 0. The SMILES string of the molecule is O=C(O)C=C1C(=O)NC(=S)N(c2ccc(Cl)cc2)C1=O. The molecule has 1 fully saturated rings. The van der Waals surface area contributed by atoms with Crippen LogP contribution in [0.1, 0.15) is 0 Å². The highest BCUT2D eigenvalue weighted by Crippen LogP contribution is 2.22. The van der Waals surface area contributed by atoms with Crippen LogP contribution in [-0.4, -0.2) is 28.0 Å². The minimum absolute atomic E-state index is 0.120. The zero-order chi connectivity index (χ0) is 14.9. The third-order valence-corrected chi connectivity index (χ3v) is 2.99. The fourth-order valence-electron chi connectivity index (χ4n) is 1.61. The van der Waals surface area contributed by atoms with E-state index in [2.05, 4.69) is 5.32 Å². The minimum atomic E-state index is -1.40. The first kappa shape index (κ1) is 14.2. The topological polar surface area (TPSA) is 86.7 Å². The molecule has 0 aromatic heterocycles. The van der Waals surface area contributed by atoms with E-state index in [1.165, 1.54) is 12.1 Å². The molecule has 8 heteroatoms. The first-order valence-corrected chi connectivity index (χ1v) is 6.08. The lowest BCUT2D eigenvalue weighted by Gasteiger charge is -2.28. The second-order valence-corrected chi connectivity index (χ2v) is 4.60. The number of thiocarbonyl (C=S) groups is 1. The van der Waals surface area contributed by atoms with Gasteiger partial charge in [0.05, 0.1) is 5.69 Å². The van der Waals surface area contributed by atoms with Crippen molar-refractivity contribution in [2.75, 3.05) is 4.90 Å². The van der Waals surface area contributed by atoms with Gasteiger partial charge in [-0.2, -0.15) is 0 Å². The molecular weight excluding hydrogens is 304 g/mol. The number of hydrogen-bond donors (Lipinski definition) is 2. The zero-order valence-electron chi connectivity index (χ0n) is 9.79. The van der Waals surface area contributed by atoms with Gasteiger partial charge in [-0.3, -0.25) is 19.8 Å². The van der Waals surface area contributed by atoms with E-state index < -0.39 is 23.4 Å². The molecule has 0 atom stereocenters. The van der Waals surface area contributed by atoms with Gasteiger partial charge in [0.15, 0.2) is 5.11 Å². The molecule has 1 aromatic carbocycles. The first-order chi connectivity index (χ1) is 9.40. The number of carbonyl (C=O) groups is 3. The van der Waals surface area contributed by atoms with Gasteiger partial charge in [0.1, 0.15) is 5.57 Å². The average molecular weight is 311 g/mol. The van der Waals surface area contributed by atoms with Crippen molar-refractivity contribution in [3.8, 4) is 0 Å². The molecule has 2 rings (SSSR count). The van der Waals surface area contributed by atoms with Crippen LogP contribution in [0.5, 0.6) is 0 Å². The van der Waals surface area contributed by atoms with Crippen LogP contribution in [0.2, 0.25) is 5.02 Å². The number of nitrogens with zero attached hydrogens (tertiary/aromatic N) is 1. The Morgan fingerprint density at radius 3 is 2.45 bits per heavy atom. The molecule has 0 spiro atoms. The second kappa shape index (κ2) is 5.40. The van der Waals surface area contributed by atoms with E-state index in [1.807, 2.05) is 0 Å². The summed E-state index contributed by atoms with van der Waals surface area (Å²) in [5.74, 6) is -3.04. The Morgan fingerprint density at radius 1 is 1.30 bits per heavy atom. The molecule has 2 N–H and O–H groups in total. The monoisotopic (exact) mass is 310 g/mol. The van der Waals surface area contributed by atoms with Crippen LogP contribution in [0.15, 0.2) is 35.9 Å². The van der Waals surface area contributed by atoms with Gasteiger partial charge in [-0.15, -0.1) is 0 Å².